The van der Waals surface area contributed by atoms with Crippen molar-refractivity contribution in [2.45, 2.75) is 44.2 Å². The fourth-order valence-corrected chi connectivity index (χ4v) is 3.03. The molecule has 11 heteroatoms. The number of amides is 3. The lowest BCUT2D eigenvalue weighted by molar-refractivity contribution is -0.127. The summed E-state index contributed by atoms with van der Waals surface area (Å²) in [4.78, 5) is 25.6. The van der Waals surface area contributed by atoms with Gasteiger partial charge in [-0.05, 0) is 45.2 Å². The quantitative estimate of drug-likeness (QED) is 0.383. The smallest absolute Gasteiger partial charge is 0.351 e. The Morgan fingerprint density at radius 2 is 1.87 bits per heavy atom. The van der Waals surface area contributed by atoms with Crippen molar-refractivity contribution < 1.29 is 26.8 Å². The minimum Gasteiger partial charge on any atom is -0.351 e. The van der Waals surface area contributed by atoms with Crippen molar-refractivity contribution in [1.29, 1.82) is 0 Å². The standard InChI is InChI=1S/C12H22N4O6S/c17-11(14-9-4-6-13-7-5-9)10-3-1-2-8-16(10)12(18)15-22-23(19,20)21/h9-10,13H,1-8H2,(H,14,17)(H,15,18)(H,19,20,21). The number of rotatable bonds is 4. The van der Waals surface area contributed by atoms with Crippen LogP contribution >= 0.6 is 0 Å². The third-order valence-corrected chi connectivity index (χ3v) is 4.28. The van der Waals surface area contributed by atoms with Gasteiger partial charge < -0.3 is 15.5 Å². The van der Waals surface area contributed by atoms with Gasteiger partial charge in [0.15, 0.2) is 0 Å². The monoisotopic (exact) mass is 350 g/mol. The summed E-state index contributed by atoms with van der Waals surface area (Å²) >= 11 is 0. The van der Waals surface area contributed by atoms with Gasteiger partial charge in [-0.1, -0.05) is 0 Å². The minimum absolute atomic E-state index is 0.0738. The molecule has 0 radical (unpaired) electrons. The lowest BCUT2D eigenvalue weighted by atomic mass is 10.0. The average Bonchev–Trinajstić information content (AvgIpc) is 2.53. The van der Waals surface area contributed by atoms with E-state index in [1.165, 1.54) is 4.90 Å². The van der Waals surface area contributed by atoms with Crippen molar-refractivity contribution in [2.24, 2.45) is 0 Å². The zero-order valence-corrected chi connectivity index (χ0v) is 13.5. The first-order valence-electron chi connectivity index (χ1n) is 7.60. The second-order valence-corrected chi connectivity index (χ2v) is 6.68. The summed E-state index contributed by atoms with van der Waals surface area (Å²) in [5.41, 5.74) is 1.64. The van der Waals surface area contributed by atoms with Gasteiger partial charge >= 0.3 is 16.4 Å². The van der Waals surface area contributed by atoms with Crippen LogP contribution in [0.1, 0.15) is 32.1 Å². The average molecular weight is 350 g/mol. The maximum Gasteiger partial charge on any atom is 0.418 e. The van der Waals surface area contributed by atoms with Crippen molar-refractivity contribution >= 4 is 22.3 Å². The molecule has 0 saturated carbocycles. The number of carbonyl (C=O) groups excluding carboxylic acids is 2. The highest BCUT2D eigenvalue weighted by Crippen LogP contribution is 2.18. The number of hydrogen-bond acceptors (Lipinski definition) is 6. The Bertz CT molecular complexity index is 534. The van der Waals surface area contributed by atoms with E-state index in [-0.39, 0.29) is 11.9 Å². The van der Waals surface area contributed by atoms with Crippen molar-refractivity contribution in [3.63, 3.8) is 0 Å². The molecule has 2 saturated heterocycles. The molecule has 0 aromatic rings. The molecule has 2 aliphatic rings. The Balaban J connectivity index is 1.93. The number of piperidine rings is 2. The van der Waals surface area contributed by atoms with Crippen molar-refractivity contribution in [2.75, 3.05) is 19.6 Å². The highest BCUT2D eigenvalue weighted by molar-refractivity contribution is 7.80. The van der Waals surface area contributed by atoms with Gasteiger partial charge in [-0.2, -0.15) is 13.9 Å². The molecule has 0 bridgehead atoms. The van der Waals surface area contributed by atoms with E-state index >= 15 is 0 Å². The molecule has 0 aromatic heterocycles. The van der Waals surface area contributed by atoms with E-state index in [4.69, 9.17) is 4.55 Å². The maximum absolute atomic E-state index is 12.4. The minimum atomic E-state index is -4.78. The molecule has 3 amide bonds. The third-order valence-electron chi connectivity index (χ3n) is 3.99. The second-order valence-electron chi connectivity index (χ2n) is 5.66. The summed E-state index contributed by atoms with van der Waals surface area (Å²) in [6, 6.07) is -1.47. The molecular weight excluding hydrogens is 328 g/mol. The highest BCUT2D eigenvalue weighted by Gasteiger charge is 2.33. The zero-order valence-electron chi connectivity index (χ0n) is 12.7. The van der Waals surface area contributed by atoms with Gasteiger partial charge in [-0.3, -0.25) is 9.35 Å². The fraction of sp³-hybridized carbons (Fsp3) is 0.833. The normalized spacial score (nSPS) is 23.3. The molecule has 0 aromatic carbocycles. The number of nitrogens with zero attached hydrogens (tertiary/aromatic N) is 1. The zero-order chi connectivity index (χ0) is 16.9. The lowest BCUT2D eigenvalue weighted by Gasteiger charge is -2.35. The Morgan fingerprint density at radius 3 is 2.52 bits per heavy atom. The van der Waals surface area contributed by atoms with Gasteiger partial charge in [0, 0.05) is 12.6 Å². The molecule has 1 unspecified atom stereocenters. The predicted molar refractivity (Wildman–Crippen MR) is 79.5 cm³/mol. The largest absolute Gasteiger partial charge is 0.418 e. The molecule has 2 fully saturated rings. The Hall–Kier alpha value is -1.43. The first kappa shape index (κ1) is 17.9. The molecule has 132 valence electrons. The summed E-state index contributed by atoms with van der Waals surface area (Å²) in [5.74, 6) is -0.251. The van der Waals surface area contributed by atoms with Crippen molar-refractivity contribution in [3.05, 3.63) is 0 Å². The Morgan fingerprint density at radius 1 is 1.17 bits per heavy atom. The van der Waals surface area contributed by atoms with E-state index in [9.17, 15) is 18.0 Å². The summed E-state index contributed by atoms with van der Waals surface area (Å²) in [7, 11) is -4.78. The summed E-state index contributed by atoms with van der Waals surface area (Å²) in [5, 5.41) is 6.14. The molecule has 2 heterocycles. The second kappa shape index (κ2) is 7.90. The summed E-state index contributed by atoms with van der Waals surface area (Å²) in [6.07, 6.45) is 3.66. The molecule has 2 aliphatic heterocycles. The van der Waals surface area contributed by atoms with E-state index in [2.05, 4.69) is 14.9 Å². The van der Waals surface area contributed by atoms with E-state index in [1.807, 2.05) is 0 Å². The SMILES string of the molecule is O=C(NC1CCNCC1)C1CCCCN1C(=O)NOS(=O)(=O)O. The van der Waals surface area contributed by atoms with Gasteiger partial charge in [-0.15, -0.1) is 4.28 Å². The maximum atomic E-state index is 12.4. The van der Waals surface area contributed by atoms with Gasteiger partial charge in [0.1, 0.15) is 6.04 Å². The molecule has 10 nitrogen and oxygen atoms in total. The van der Waals surface area contributed by atoms with Crippen LogP contribution in [0.5, 0.6) is 0 Å². The third kappa shape index (κ3) is 5.61. The number of nitrogens with one attached hydrogen (secondary N) is 3. The first-order valence-corrected chi connectivity index (χ1v) is 8.97. The van der Waals surface area contributed by atoms with Gasteiger partial charge in [0.2, 0.25) is 5.91 Å². The number of hydroxylamine groups is 1. The molecule has 4 N–H and O–H groups in total. The number of urea groups is 1. The van der Waals surface area contributed by atoms with Crippen LogP contribution in [0.3, 0.4) is 0 Å². The van der Waals surface area contributed by atoms with Gasteiger partial charge in [0.25, 0.3) is 0 Å². The van der Waals surface area contributed by atoms with Crippen LogP contribution in [0.15, 0.2) is 0 Å². The van der Waals surface area contributed by atoms with Gasteiger partial charge in [-0.25, -0.2) is 4.79 Å². The van der Waals surface area contributed by atoms with Crippen molar-refractivity contribution in [1.82, 2.24) is 21.0 Å². The van der Waals surface area contributed by atoms with Crippen LogP contribution in [0.4, 0.5) is 4.79 Å². The van der Waals surface area contributed by atoms with E-state index in [0.29, 0.717) is 19.4 Å². The van der Waals surface area contributed by atoms with Crippen molar-refractivity contribution in [3.8, 4) is 0 Å². The van der Waals surface area contributed by atoms with Crippen LogP contribution in [0.25, 0.3) is 0 Å². The fourth-order valence-electron chi connectivity index (χ4n) is 2.86. The first-order chi connectivity index (χ1) is 10.9. The summed E-state index contributed by atoms with van der Waals surface area (Å²) < 4.78 is 33.4. The van der Waals surface area contributed by atoms with Crippen LogP contribution in [-0.4, -0.2) is 61.5 Å². The predicted octanol–water partition coefficient (Wildman–Crippen LogP) is -0.847. The van der Waals surface area contributed by atoms with Crippen LogP contribution < -0.4 is 16.1 Å². The topological polar surface area (TPSA) is 137 Å². The highest BCUT2D eigenvalue weighted by atomic mass is 32.3. The molecule has 0 aliphatic carbocycles. The molecular formula is C12H22N4O6S. The lowest BCUT2D eigenvalue weighted by Crippen LogP contribution is -2.57. The van der Waals surface area contributed by atoms with Crippen LogP contribution in [0.2, 0.25) is 0 Å². The Labute approximate surface area is 134 Å². The van der Waals surface area contributed by atoms with Gasteiger partial charge in [0.05, 0.1) is 0 Å². The van der Waals surface area contributed by atoms with E-state index in [0.717, 1.165) is 32.4 Å². The van der Waals surface area contributed by atoms with Crippen LogP contribution in [0, 0.1) is 0 Å². The number of hydrogen-bond donors (Lipinski definition) is 4. The molecule has 23 heavy (non-hydrogen) atoms. The molecule has 2 rings (SSSR count). The number of likely N-dealkylation sites (tertiary alicyclic amines) is 1. The van der Waals surface area contributed by atoms with Crippen LogP contribution in [-0.2, 0) is 19.5 Å². The number of carbonyl (C=O) groups is 2. The Kier molecular flexibility index (Phi) is 6.16. The van der Waals surface area contributed by atoms with E-state index < -0.39 is 22.5 Å². The van der Waals surface area contributed by atoms with E-state index in [1.54, 1.807) is 5.48 Å². The summed E-state index contributed by atoms with van der Waals surface area (Å²) in [6.45, 7) is 1.98. The molecule has 1 atom stereocenters. The molecule has 0 spiro atoms.